The van der Waals surface area contributed by atoms with E-state index in [1.807, 2.05) is 19.0 Å². The van der Waals surface area contributed by atoms with Crippen molar-refractivity contribution >= 4 is 34.8 Å². The number of carbonyl (C=O) groups excluding carboxylic acids is 1. The molecule has 8 heteroatoms. The zero-order chi connectivity index (χ0) is 18.7. The highest BCUT2D eigenvalue weighted by atomic mass is 35.5. The molecule has 1 aromatic heterocycles. The van der Waals surface area contributed by atoms with E-state index in [0.717, 1.165) is 38.2 Å². The van der Waals surface area contributed by atoms with Crippen LogP contribution >= 0.6 is 11.6 Å². The van der Waals surface area contributed by atoms with Gasteiger partial charge in [0, 0.05) is 26.2 Å². The Hall–Kier alpha value is -2.04. The molecule has 26 heavy (non-hydrogen) atoms. The molecule has 140 valence electrons. The Balaban J connectivity index is 2.09. The Kier molecular flexibility index (Phi) is 5.84. The molecular formula is C18H25ClN6O. The van der Waals surface area contributed by atoms with Crippen molar-refractivity contribution in [3.05, 3.63) is 5.28 Å². The number of likely N-dealkylation sites (N-methyl/N-ethyl adjacent to an activating group) is 2. The summed E-state index contributed by atoms with van der Waals surface area (Å²) in [6.45, 7) is 4.06. The minimum Gasteiger partial charge on any atom is -0.353 e. The highest BCUT2D eigenvalue weighted by Crippen LogP contribution is 2.40. The first kappa shape index (κ1) is 18.7. The van der Waals surface area contributed by atoms with Crippen molar-refractivity contribution in [2.45, 2.75) is 32.2 Å². The van der Waals surface area contributed by atoms with Crippen molar-refractivity contribution < 1.29 is 4.79 Å². The second-order valence-corrected chi connectivity index (χ2v) is 7.02. The summed E-state index contributed by atoms with van der Waals surface area (Å²) in [6.07, 6.45) is 3.36. The second kappa shape index (κ2) is 8.11. The molecule has 1 saturated heterocycles. The van der Waals surface area contributed by atoms with Crippen molar-refractivity contribution in [1.82, 2.24) is 15.3 Å². The molecular weight excluding hydrogens is 352 g/mol. The Morgan fingerprint density at radius 3 is 2.81 bits per heavy atom. The van der Waals surface area contributed by atoms with Crippen LogP contribution in [0.15, 0.2) is 0 Å². The van der Waals surface area contributed by atoms with Crippen molar-refractivity contribution in [2.24, 2.45) is 0 Å². The summed E-state index contributed by atoms with van der Waals surface area (Å²) in [6, 6.07) is 0.378. The van der Waals surface area contributed by atoms with Gasteiger partial charge in [-0.1, -0.05) is 12.3 Å². The van der Waals surface area contributed by atoms with Crippen LogP contribution in [0.2, 0.25) is 5.28 Å². The van der Waals surface area contributed by atoms with Gasteiger partial charge < -0.3 is 15.1 Å². The molecule has 1 unspecified atom stereocenters. The van der Waals surface area contributed by atoms with Gasteiger partial charge in [0.15, 0.2) is 11.6 Å². The normalized spacial score (nSPS) is 20.4. The van der Waals surface area contributed by atoms with Gasteiger partial charge in [-0.2, -0.15) is 9.97 Å². The Morgan fingerprint density at radius 2 is 2.08 bits per heavy atom. The van der Waals surface area contributed by atoms with Crippen LogP contribution in [0.25, 0.3) is 0 Å². The second-order valence-electron chi connectivity index (χ2n) is 6.68. The van der Waals surface area contributed by atoms with Crippen LogP contribution in [-0.2, 0) is 4.79 Å². The molecule has 0 aromatic carbocycles. The lowest BCUT2D eigenvalue weighted by atomic mass is 10.1. The van der Waals surface area contributed by atoms with Crippen LogP contribution in [0.5, 0.6) is 0 Å². The monoisotopic (exact) mass is 376 g/mol. The van der Waals surface area contributed by atoms with Crippen LogP contribution in [0, 0.1) is 11.8 Å². The van der Waals surface area contributed by atoms with Gasteiger partial charge >= 0.3 is 0 Å². The molecule has 3 heterocycles. The van der Waals surface area contributed by atoms with Gasteiger partial charge in [-0.05, 0) is 38.4 Å². The molecule has 0 radical (unpaired) electrons. The van der Waals surface area contributed by atoms with Crippen LogP contribution in [0.3, 0.4) is 0 Å². The third kappa shape index (κ3) is 3.71. The summed E-state index contributed by atoms with van der Waals surface area (Å²) < 4.78 is 0. The molecule has 1 atom stereocenters. The number of halogens is 1. The van der Waals surface area contributed by atoms with E-state index in [2.05, 4.69) is 32.0 Å². The Morgan fingerprint density at radius 1 is 1.31 bits per heavy atom. The van der Waals surface area contributed by atoms with E-state index in [9.17, 15) is 4.79 Å². The van der Waals surface area contributed by atoms with Gasteiger partial charge in [-0.3, -0.25) is 9.69 Å². The van der Waals surface area contributed by atoms with E-state index in [4.69, 9.17) is 11.6 Å². The maximum atomic E-state index is 12.7. The van der Waals surface area contributed by atoms with E-state index >= 15 is 0 Å². The van der Waals surface area contributed by atoms with Crippen molar-refractivity contribution in [1.29, 1.82) is 0 Å². The van der Waals surface area contributed by atoms with E-state index < -0.39 is 0 Å². The van der Waals surface area contributed by atoms with Crippen molar-refractivity contribution in [3.63, 3.8) is 0 Å². The van der Waals surface area contributed by atoms with Crippen LogP contribution in [0.4, 0.5) is 17.3 Å². The minimum absolute atomic E-state index is 0.00471. The summed E-state index contributed by atoms with van der Waals surface area (Å²) in [5.74, 6) is 7.27. The number of rotatable bonds is 3. The van der Waals surface area contributed by atoms with Gasteiger partial charge in [0.1, 0.15) is 5.69 Å². The summed E-state index contributed by atoms with van der Waals surface area (Å²) in [4.78, 5) is 27.4. The highest BCUT2D eigenvalue weighted by Gasteiger charge is 2.34. The molecule has 1 amide bonds. The predicted octanol–water partition coefficient (Wildman–Crippen LogP) is 1.51. The number of anilines is 3. The molecule has 1 fully saturated rings. The minimum atomic E-state index is -0.00471. The number of hydrogen-bond acceptors (Lipinski definition) is 6. The molecule has 0 spiro atoms. The van der Waals surface area contributed by atoms with Gasteiger partial charge in [0.25, 0.3) is 0 Å². The number of nitrogens with zero attached hydrogens (tertiary/aromatic N) is 5. The highest BCUT2D eigenvalue weighted by molar-refractivity contribution is 6.28. The average Bonchev–Trinajstić information content (AvgIpc) is 2.87. The lowest BCUT2D eigenvalue weighted by molar-refractivity contribution is -0.117. The van der Waals surface area contributed by atoms with Gasteiger partial charge in [-0.15, -0.1) is 5.92 Å². The lowest BCUT2D eigenvalue weighted by Crippen LogP contribution is -2.47. The smallest absolute Gasteiger partial charge is 0.247 e. The number of nitrogens with one attached hydrogen (secondary N) is 1. The zero-order valence-electron chi connectivity index (χ0n) is 15.5. The molecule has 0 saturated carbocycles. The van der Waals surface area contributed by atoms with Gasteiger partial charge in [0.2, 0.25) is 11.2 Å². The fourth-order valence-electron chi connectivity index (χ4n) is 3.52. The first-order valence-electron chi connectivity index (χ1n) is 8.96. The first-order chi connectivity index (χ1) is 12.5. The van der Waals surface area contributed by atoms with E-state index in [0.29, 0.717) is 24.1 Å². The molecule has 0 aliphatic carbocycles. The molecule has 3 rings (SSSR count). The molecule has 7 nitrogen and oxygen atoms in total. The van der Waals surface area contributed by atoms with Crippen LogP contribution < -0.4 is 20.0 Å². The molecule has 2 aliphatic heterocycles. The average molecular weight is 377 g/mol. The largest absolute Gasteiger partial charge is 0.353 e. The number of aromatic nitrogens is 2. The van der Waals surface area contributed by atoms with Gasteiger partial charge in [0.05, 0.1) is 13.1 Å². The number of carbonyl (C=O) groups is 1. The predicted molar refractivity (Wildman–Crippen MR) is 105 cm³/mol. The molecule has 1 aromatic rings. The summed E-state index contributed by atoms with van der Waals surface area (Å²) >= 11 is 6.24. The topological polar surface area (TPSA) is 64.6 Å². The quantitative estimate of drug-likeness (QED) is 0.637. The third-order valence-corrected chi connectivity index (χ3v) is 5.09. The standard InChI is InChI=1S/C18H25ClN6O/c1-4-5-10-25-14(26)12-23(3)16-15(25)17(22-18(19)21-16)24-9-7-6-8-13(11-24)20-2/h13,20H,6-12H2,1-3H3. The fraction of sp³-hybridized carbons (Fsp3) is 0.611. The number of amides is 1. The lowest BCUT2D eigenvalue weighted by Gasteiger charge is -2.37. The molecule has 0 bridgehead atoms. The van der Waals surface area contributed by atoms with Crippen LogP contribution in [-0.4, -0.2) is 62.2 Å². The maximum Gasteiger partial charge on any atom is 0.247 e. The van der Waals surface area contributed by atoms with Crippen LogP contribution in [0.1, 0.15) is 26.2 Å². The van der Waals surface area contributed by atoms with E-state index in [1.165, 1.54) is 0 Å². The third-order valence-electron chi connectivity index (χ3n) is 4.92. The molecule has 2 aliphatic rings. The number of fused-ring (bicyclic) bond motifs is 1. The summed E-state index contributed by atoms with van der Waals surface area (Å²) in [5, 5.41) is 3.57. The van der Waals surface area contributed by atoms with E-state index in [-0.39, 0.29) is 17.7 Å². The van der Waals surface area contributed by atoms with Crippen molar-refractivity contribution in [2.75, 3.05) is 55.0 Å². The Labute approximate surface area is 159 Å². The maximum absolute atomic E-state index is 12.7. The van der Waals surface area contributed by atoms with Gasteiger partial charge in [-0.25, -0.2) is 0 Å². The Bertz CT molecular complexity index is 743. The summed E-state index contributed by atoms with van der Waals surface area (Å²) in [5.41, 5.74) is 0.715. The fourth-order valence-corrected chi connectivity index (χ4v) is 3.68. The SMILES string of the molecule is CC#CCN1C(=O)CN(C)c2nc(Cl)nc(N3CCCCC(NC)C3)c21. The number of hydrogen-bond donors (Lipinski definition) is 1. The molecule has 1 N–H and O–H groups in total. The zero-order valence-corrected chi connectivity index (χ0v) is 16.3. The van der Waals surface area contributed by atoms with E-state index in [1.54, 1.807) is 11.8 Å². The summed E-state index contributed by atoms with van der Waals surface area (Å²) in [7, 11) is 3.84. The first-order valence-corrected chi connectivity index (χ1v) is 9.33. The van der Waals surface area contributed by atoms with Crippen molar-refractivity contribution in [3.8, 4) is 11.8 Å².